The van der Waals surface area contributed by atoms with Crippen LogP contribution in [0.25, 0.3) is 0 Å². The van der Waals surface area contributed by atoms with Crippen LogP contribution in [0.1, 0.15) is 28.8 Å². The number of hydrogen-bond acceptors (Lipinski definition) is 6. The van der Waals surface area contributed by atoms with E-state index in [4.69, 9.17) is 9.47 Å². The number of methoxy groups -OCH3 is 2. The van der Waals surface area contributed by atoms with E-state index >= 15 is 0 Å². The van der Waals surface area contributed by atoms with Gasteiger partial charge in [0.25, 0.3) is 5.91 Å². The van der Waals surface area contributed by atoms with Gasteiger partial charge in [0.2, 0.25) is 0 Å². The van der Waals surface area contributed by atoms with E-state index in [0.717, 1.165) is 31.7 Å². The molecule has 0 aliphatic carbocycles. The van der Waals surface area contributed by atoms with Gasteiger partial charge in [-0.25, -0.2) is 4.98 Å². The maximum Gasteiger partial charge on any atom is 0.251 e. The fourth-order valence-corrected chi connectivity index (χ4v) is 3.44. The van der Waals surface area contributed by atoms with E-state index in [0.29, 0.717) is 35.1 Å². The Kier molecular flexibility index (Phi) is 6.33. The van der Waals surface area contributed by atoms with E-state index in [2.05, 4.69) is 21.3 Å². The minimum absolute atomic E-state index is 0.162. The molecule has 1 N–H and O–H groups in total. The molecule has 0 saturated carbocycles. The van der Waals surface area contributed by atoms with Crippen molar-refractivity contribution in [1.82, 2.24) is 10.3 Å². The van der Waals surface area contributed by atoms with E-state index in [1.54, 1.807) is 50.7 Å². The van der Waals surface area contributed by atoms with Gasteiger partial charge >= 0.3 is 0 Å². The van der Waals surface area contributed by atoms with Crippen molar-refractivity contribution >= 4 is 11.7 Å². The number of carbonyl (C=O) groups is 1. The molecule has 1 amide bonds. The zero-order valence-corrected chi connectivity index (χ0v) is 16.1. The molecular weight excluding hydrogens is 356 g/mol. The van der Waals surface area contributed by atoms with Crippen LogP contribution in [0.3, 0.4) is 0 Å². The van der Waals surface area contributed by atoms with Gasteiger partial charge in [0.1, 0.15) is 23.4 Å². The largest absolute Gasteiger partial charge is 0.497 e. The van der Waals surface area contributed by atoms with Crippen LogP contribution in [0.4, 0.5) is 5.82 Å². The Hall–Kier alpha value is -3.27. The van der Waals surface area contributed by atoms with Crippen LogP contribution in [-0.2, 0) is 0 Å². The number of benzene rings is 1. The van der Waals surface area contributed by atoms with Gasteiger partial charge in [-0.2, -0.15) is 5.26 Å². The summed E-state index contributed by atoms with van der Waals surface area (Å²) in [5, 5.41) is 12.3. The smallest absolute Gasteiger partial charge is 0.251 e. The third-order valence-electron chi connectivity index (χ3n) is 4.89. The third kappa shape index (κ3) is 4.52. The van der Waals surface area contributed by atoms with Crippen LogP contribution in [-0.4, -0.2) is 44.7 Å². The lowest BCUT2D eigenvalue weighted by atomic mass is 9.97. The summed E-state index contributed by atoms with van der Waals surface area (Å²) in [7, 11) is 3.11. The number of aromatic nitrogens is 1. The fourth-order valence-electron chi connectivity index (χ4n) is 3.44. The minimum atomic E-state index is -0.162. The molecule has 1 aliphatic rings. The SMILES string of the molecule is COc1cc(OC)cc(C(=O)NC[C@@H]2CCCN(c3ncccc3C#N)C2)c1. The molecule has 2 aromatic rings. The van der Waals surface area contributed by atoms with E-state index in [1.165, 1.54) is 0 Å². The van der Waals surface area contributed by atoms with Crippen molar-refractivity contribution in [1.29, 1.82) is 5.26 Å². The third-order valence-corrected chi connectivity index (χ3v) is 4.89. The number of nitrogens with one attached hydrogen (secondary N) is 1. The van der Waals surface area contributed by atoms with Gasteiger partial charge in [-0.3, -0.25) is 4.79 Å². The highest BCUT2D eigenvalue weighted by Crippen LogP contribution is 2.25. The summed E-state index contributed by atoms with van der Waals surface area (Å²) < 4.78 is 10.5. The van der Waals surface area contributed by atoms with Crippen molar-refractivity contribution in [2.24, 2.45) is 5.92 Å². The predicted molar refractivity (Wildman–Crippen MR) is 106 cm³/mol. The van der Waals surface area contributed by atoms with Crippen LogP contribution < -0.4 is 19.7 Å². The van der Waals surface area contributed by atoms with E-state index < -0.39 is 0 Å². The molecule has 0 radical (unpaired) electrons. The molecule has 1 aromatic carbocycles. The molecule has 0 bridgehead atoms. The lowest BCUT2D eigenvalue weighted by Gasteiger charge is -2.34. The van der Waals surface area contributed by atoms with Gasteiger partial charge < -0.3 is 19.7 Å². The molecular formula is C21H24N4O3. The summed E-state index contributed by atoms with van der Waals surface area (Å²) in [6.07, 6.45) is 3.72. The first-order chi connectivity index (χ1) is 13.6. The molecule has 7 nitrogen and oxygen atoms in total. The predicted octanol–water partition coefficient (Wildman–Crippen LogP) is 2.62. The standard InChI is InChI=1S/C21H24N4O3/c1-27-18-9-17(10-19(11-18)28-2)21(26)24-13-15-5-4-8-25(14-15)20-16(12-22)6-3-7-23-20/h3,6-7,9-11,15H,4-5,8,13-14H2,1-2H3,(H,24,26)/t15-/m0/s1. The highest BCUT2D eigenvalue weighted by atomic mass is 16.5. The maximum absolute atomic E-state index is 12.6. The average molecular weight is 380 g/mol. The molecule has 2 heterocycles. The Morgan fingerprint density at radius 2 is 2.07 bits per heavy atom. The Morgan fingerprint density at radius 3 is 2.75 bits per heavy atom. The summed E-state index contributed by atoms with van der Waals surface area (Å²) in [5.41, 5.74) is 1.08. The molecule has 0 spiro atoms. The first-order valence-electron chi connectivity index (χ1n) is 9.26. The number of piperidine rings is 1. The summed E-state index contributed by atoms with van der Waals surface area (Å²) in [6, 6.07) is 10.9. The van der Waals surface area contributed by atoms with Crippen molar-refractivity contribution in [3.63, 3.8) is 0 Å². The number of ether oxygens (including phenoxy) is 2. The van der Waals surface area contributed by atoms with Crippen molar-refractivity contribution < 1.29 is 14.3 Å². The number of hydrogen-bond donors (Lipinski definition) is 1. The molecule has 3 rings (SSSR count). The Balaban J connectivity index is 1.63. The summed E-state index contributed by atoms with van der Waals surface area (Å²) in [4.78, 5) is 19.1. The van der Waals surface area contributed by atoms with E-state index in [1.807, 2.05) is 0 Å². The van der Waals surface area contributed by atoms with Gasteiger partial charge in [-0.1, -0.05) is 0 Å². The second kappa shape index (κ2) is 9.09. The van der Waals surface area contributed by atoms with Gasteiger partial charge in [-0.05, 0) is 43.0 Å². The molecule has 7 heteroatoms. The normalized spacial score (nSPS) is 16.2. The number of anilines is 1. The average Bonchev–Trinajstić information content (AvgIpc) is 2.77. The lowest BCUT2D eigenvalue weighted by Crippen LogP contribution is -2.41. The lowest BCUT2D eigenvalue weighted by molar-refractivity contribution is 0.0945. The van der Waals surface area contributed by atoms with Gasteiger partial charge in [0, 0.05) is 37.5 Å². The molecule has 1 fully saturated rings. The number of carbonyl (C=O) groups excluding carboxylic acids is 1. The minimum Gasteiger partial charge on any atom is -0.497 e. The van der Waals surface area contributed by atoms with Gasteiger partial charge in [-0.15, -0.1) is 0 Å². The van der Waals surface area contributed by atoms with Gasteiger partial charge in [0.15, 0.2) is 0 Å². The Morgan fingerprint density at radius 1 is 1.32 bits per heavy atom. The monoisotopic (exact) mass is 380 g/mol. The number of amides is 1. The second-order valence-electron chi connectivity index (χ2n) is 6.75. The highest BCUT2D eigenvalue weighted by molar-refractivity contribution is 5.95. The highest BCUT2D eigenvalue weighted by Gasteiger charge is 2.23. The second-order valence-corrected chi connectivity index (χ2v) is 6.75. The molecule has 0 unspecified atom stereocenters. The summed E-state index contributed by atoms with van der Waals surface area (Å²) in [5.74, 6) is 2.00. The summed E-state index contributed by atoms with van der Waals surface area (Å²) >= 11 is 0. The van der Waals surface area contributed by atoms with Crippen LogP contribution in [0.5, 0.6) is 11.5 Å². The number of rotatable bonds is 6. The first kappa shape index (κ1) is 19.5. The molecule has 1 aliphatic heterocycles. The number of nitriles is 1. The van der Waals surface area contributed by atoms with Crippen molar-refractivity contribution in [3.05, 3.63) is 47.7 Å². The Labute approximate surface area is 164 Å². The van der Waals surface area contributed by atoms with E-state index in [-0.39, 0.29) is 5.91 Å². The van der Waals surface area contributed by atoms with Crippen molar-refractivity contribution in [3.8, 4) is 17.6 Å². The number of pyridine rings is 1. The molecule has 1 aromatic heterocycles. The molecule has 1 saturated heterocycles. The topological polar surface area (TPSA) is 87.5 Å². The molecule has 146 valence electrons. The molecule has 1 atom stereocenters. The molecule has 28 heavy (non-hydrogen) atoms. The van der Waals surface area contributed by atoms with Gasteiger partial charge in [0.05, 0.1) is 19.8 Å². The Bertz CT molecular complexity index is 856. The summed E-state index contributed by atoms with van der Waals surface area (Å²) in [6.45, 7) is 2.18. The maximum atomic E-state index is 12.6. The van der Waals surface area contributed by atoms with E-state index in [9.17, 15) is 10.1 Å². The van der Waals surface area contributed by atoms with Crippen LogP contribution in [0.2, 0.25) is 0 Å². The number of nitrogens with zero attached hydrogens (tertiary/aromatic N) is 3. The quantitative estimate of drug-likeness (QED) is 0.829. The zero-order chi connectivity index (χ0) is 19.9. The first-order valence-corrected chi connectivity index (χ1v) is 9.26. The van der Waals surface area contributed by atoms with Crippen LogP contribution in [0.15, 0.2) is 36.5 Å². The zero-order valence-electron chi connectivity index (χ0n) is 16.1. The van der Waals surface area contributed by atoms with Crippen molar-refractivity contribution in [2.45, 2.75) is 12.8 Å². The van der Waals surface area contributed by atoms with Crippen molar-refractivity contribution in [2.75, 3.05) is 38.8 Å². The van der Waals surface area contributed by atoms with Crippen LogP contribution >= 0.6 is 0 Å². The van der Waals surface area contributed by atoms with Crippen LogP contribution in [0, 0.1) is 17.2 Å². The fraction of sp³-hybridized carbons (Fsp3) is 0.381.